The van der Waals surface area contributed by atoms with Gasteiger partial charge in [-0.3, -0.25) is 4.57 Å². The fourth-order valence-corrected chi connectivity index (χ4v) is 4.46. The van der Waals surface area contributed by atoms with Crippen molar-refractivity contribution in [3.63, 3.8) is 0 Å². The molecule has 1 aliphatic rings. The van der Waals surface area contributed by atoms with Crippen LogP contribution in [0.25, 0.3) is 11.0 Å². The Balaban J connectivity index is 1.76. The summed E-state index contributed by atoms with van der Waals surface area (Å²) < 4.78 is 7.30. The number of benzene rings is 2. The summed E-state index contributed by atoms with van der Waals surface area (Å²) in [5, 5.41) is 0. The third-order valence-corrected chi connectivity index (χ3v) is 6.00. The third-order valence-electron chi connectivity index (χ3n) is 6.00. The maximum Gasteiger partial charge on any atom is 0.326 e. The van der Waals surface area contributed by atoms with Crippen LogP contribution in [0.2, 0.25) is 0 Å². The van der Waals surface area contributed by atoms with E-state index in [-0.39, 0.29) is 17.8 Å². The summed E-state index contributed by atoms with van der Waals surface area (Å²) in [6.07, 6.45) is 1.28. The van der Waals surface area contributed by atoms with Crippen molar-refractivity contribution in [1.29, 1.82) is 0 Å². The zero-order chi connectivity index (χ0) is 20.7. The number of primary amides is 1. The number of methoxy groups -OCH3 is 1. The van der Waals surface area contributed by atoms with Crippen LogP contribution in [0.3, 0.4) is 0 Å². The molecule has 2 amide bonds. The number of aryl methyl sites for hydroxylation is 2. The predicted molar refractivity (Wildman–Crippen MR) is 112 cm³/mol. The summed E-state index contributed by atoms with van der Waals surface area (Å²) in [5.41, 5.74) is 10.3. The first kappa shape index (κ1) is 19.1. The number of urea groups is 1. The fourth-order valence-electron chi connectivity index (χ4n) is 4.46. The normalized spacial score (nSPS) is 19.5. The van der Waals surface area contributed by atoms with Crippen LogP contribution in [0.4, 0.5) is 4.79 Å². The van der Waals surface area contributed by atoms with Gasteiger partial charge in [-0.05, 0) is 55.5 Å². The average Bonchev–Trinajstić information content (AvgIpc) is 3.05. The lowest BCUT2D eigenvalue weighted by molar-refractivity contribution is 0.136. The van der Waals surface area contributed by atoms with E-state index in [9.17, 15) is 9.59 Å². The maximum absolute atomic E-state index is 12.8. The summed E-state index contributed by atoms with van der Waals surface area (Å²) in [7, 11) is 1.63. The number of hydrogen-bond acceptors (Lipinski definition) is 3. The van der Waals surface area contributed by atoms with Crippen molar-refractivity contribution in [3.8, 4) is 5.75 Å². The number of carbonyl (C=O) groups excluding carboxylic acids is 1. The molecule has 1 saturated heterocycles. The highest BCUT2D eigenvalue weighted by Crippen LogP contribution is 2.38. The Morgan fingerprint density at radius 3 is 2.72 bits per heavy atom. The van der Waals surface area contributed by atoms with Crippen molar-refractivity contribution in [2.24, 2.45) is 5.73 Å². The standard InChI is InChI=1S/C22H26N4O3/c1-13-7-8-15(11-19(13)29-3)18-12-16(9-10-25(18)21(23)27)26-17-6-4-5-14(2)20(17)24-22(26)28/h4-8,11,16,18H,9-10,12H2,1-3H3,(H2,23,27)(H,24,28). The second-order valence-electron chi connectivity index (χ2n) is 7.72. The number of piperidine rings is 1. The molecule has 0 saturated carbocycles. The number of hydrogen-bond donors (Lipinski definition) is 2. The molecule has 1 aromatic heterocycles. The molecular formula is C22H26N4O3. The molecule has 3 N–H and O–H groups in total. The van der Waals surface area contributed by atoms with Gasteiger partial charge in [0.05, 0.1) is 24.2 Å². The SMILES string of the molecule is COc1cc(C2CC(n3c(=O)[nH]c4c(C)cccc43)CCN2C(N)=O)ccc1C. The number of nitrogens with zero attached hydrogens (tertiary/aromatic N) is 2. The van der Waals surface area contributed by atoms with Gasteiger partial charge in [-0.25, -0.2) is 9.59 Å². The Kier molecular flexibility index (Phi) is 4.82. The smallest absolute Gasteiger partial charge is 0.326 e. The lowest BCUT2D eigenvalue weighted by Gasteiger charge is -2.39. The molecule has 1 aliphatic heterocycles. The Bertz CT molecular complexity index is 1130. The van der Waals surface area contributed by atoms with Gasteiger partial charge in [-0.1, -0.05) is 24.3 Å². The highest BCUT2D eigenvalue weighted by molar-refractivity contribution is 5.79. The molecule has 3 aromatic rings. The first-order chi connectivity index (χ1) is 13.9. The molecule has 152 valence electrons. The number of amides is 2. The minimum Gasteiger partial charge on any atom is -0.496 e. The number of carbonyl (C=O) groups is 1. The van der Waals surface area contributed by atoms with Crippen molar-refractivity contribution >= 4 is 17.1 Å². The number of H-pyrrole nitrogens is 1. The number of aromatic amines is 1. The summed E-state index contributed by atoms with van der Waals surface area (Å²) >= 11 is 0. The van der Waals surface area contributed by atoms with Gasteiger partial charge < -0.3 is 20.4 Å². The van der Waals surface area contributed by atoms with Crippen LogP contribution < -0.4 is 16.2 Å². The highest BCUT2D eigenvalue weighted by atomic mass is 16.5. The van der Waals surface area contributed by atoms with Gasteiger partial charge in [0.15, 0.2) is 0 Å². The van der Waals surface area contributed by atoms with Gasteiger partial charge in [0, 0.05) is 12.6 Å². The van der Waals surface area contributed by atoms with Crippen molar-refractivity contribution in [2.45, 2.75) is 38.8 Å². The highest BCUT2D eigenvalue weighted by Gasteiger charge is 2.34. The Morgan fingerprint density at radius 2 is 2.00 bits per heavy atom. The van der Waals surface area contributed by atoms with Crippen LogP contribution in [-0.2, 0) is 0 Å². The maximum atomic E-state index is 12.8. The number of imidazole rings is 1. The van der Waals surface area contributed by atoms with Gasteiger partial charge in [-0.2, -0.15) is 0 Å². The molecule has 2 aromatic carbocycles. The monoisotopic (exact) mass is 394 g/mol. The van der Waals surface area contributed by atoms with E-state index < -0.39 is 6.03 Å². The number of nitrogens with two attached hydrogens (primary N) is 1. The van der Waals surface area contributed by atoms with E-state index in [1.165, 1.54) is 0 Å². The molecular weight excluding hydrogens is 368 g/mol. The van der Waals surface area contributed by atoms with Crippen LogP contribution in [0.5, 0.6) is 5.75 Å². The molecule has 0 spiro atoms. The Hall–Kier alpha value is -3.22. The predicted octanol–water partition coefficient (Wildman–Crippen LogP) is 3.41. The number of nitrogens with one attached hydrogen (secondary N) is 1. The van der Waals surface area contributed by atoms with Gasteiger partial charge in [0.25, 0.3) is 0 Å². The number of fused-ring (bicyclic) bond motifs is 1. The molecule has 0 aliphatic carbocycles. The van der Waals surface area contributed by atoms with Crippen LogP contribution >= 0.6 is 0 Å². The van der Waals surface area contributed by atoms with Crippen LogP contribution in [0.1, 0.15) is 41.6 Å². The summed E-state index contributed by atoms with van der Waals surface area (Å²) in [4.78, 5) is 29.6. The zero-order valence-electron chi connectivity index (χ0n) is 16.9. The topological polar surface area (TPSA) is 93.3 Å². The molecule has 2 atom stereocenters. The van der Waals surface area contributed by atoms with Gasteiger partial charge in [0.2, 0.25) is 0 Å². The van der Waals surface area contributed by atoms with E-state index in [0.29, 0.717) is 19.4 Å². The second kappa shape index (κ2) is 7.31. The van der Waals surface area contributed by atoms with Gasteiger partial charge >= 0.3 is 11.7 Å². The lowest BCUT2D eigenvalue weighted by atomic mass is 9.91. The second-order valence-corrected chi connectivity index (χ2v) is 7.72. The minimum absolute atomic E-state index is 0.0362. The summed E-state index contributed by atoms with van der Waals surface area (Å²) in [5.74, 6) is 0.772. The molecule has 0 radical (unpaired) electrons. The molecule has 2 unspecified atom stereocenters. The first-order valence-corrected chi connectivity index (χ1v) is 9.81. The molecule has 29 heavy (non-hydrogen) atoms. The summed E-state index contributed by atoms with van der Waals surface area (Å²) in [6.45, 7) is 4.46. The van der Waals surface area contributed by atoms with E-state index in [1.807, 2.05) is 54.8 Å². The van der Waals surface area contributed by atoms with Gasteiger partial charge in [-0.15, -0.1) is 0 Å². The molecule has 0 bridgehead atoms. The number of para-hydroxylation sites is 1. The van der Waals surface area contributed by atoms with Crippen molar-refractivity contribution in [1.82, 2.24) is 14.5 Å². The molecule has 7 heteroatoms. The van der Waals surface area contributed by atoms with E-state index in [1.54, 1.807) is 12.0 Å². The first-order valence-electron chi connectivity index (χ1n) is 9.81. The summed E-state index contributed by atoms with van der Waals surface area (Å²) in [6, 6.07) is 11.2. The molecule has 2 heterocycles. The van der Waals surface area contributed by atoms with E-state index in [2.05, 4.69) is 4.98 Å². The van der Waals surface area contributed by atoms with E-state index >= 15 is 0 Å². The largest absolute Gasteiger partial charge is 0.496 e. The quantitative estimate of drug-likeness (QED) is 0.713. The van der Waals surface area contributed by atoms with Crippen molar-refractivity contribution in [2.75, 3.05) is 13.7 Å². The number of likely N-dealkylation sites (tertiary alicyclic amines) is 1. The Labute approximate surface area is 169 Å². The fraction of sp³-hybridized carbons (Fsp3) is 0.364. The Morgan fingerprint density at radius 1 is 1.21 bits per heavy atom. The lowest BCUT2D eigenvalue weighted by Crippen LogP contribution is -2.45. The van der Waals surface area contributed by atoms with Crippen LogP contribution in [-0.4, -0.2) is 34.1 Å². The third kappa shape index (κ3) is 3.26. The minimum atomic E-state index is -0.449. The number of aromatic nitrogens is 2. The molecule has 7 nitrogen and oxygen atoms in total. The molecule has 1 fully saturated rings. The van der Waals surface area contributed by atoms with E-state index in [4.69, 9.17) is 10.5 Å². The zero-order valence-corrected chi connectivity index (χ0v) is 16.9. The number of ether oxygens (including phenoxy) is 1. The molecule has 4 rings (SSSR count). The van der Waals surface area contributed by atoms with Crippen LogP contribution in [0.15, 0.2) is 41.2 Å². The average molecular weight is 394 g/mol. The van der Waals surface area contributed by atoms with E-state index in [0.717, 1.165) is 33.5 Å². The van der Waals surface area contributed by atoms with Crippen molar-refractivity contribution in [3.05, 3.63) is 63.6 Å². The van der Waals surface area contributed by atoms with Crippen LogP contribution in [0, 0.1) is 13.8 Å². The number of rotatable bonds is 3. The van der Waals surface area contributed by atoms with Crippen molar-refractivity contribution < 1.29 is 9.53 Å². The van der Waals surface area contributed by atoms with Gasteiger partial charge in [0.1, 0.15) is 5.75 Å².